The highest BCUT2D eigenvalue weighted by Crippen LogP contribution is 2.47. The zero-order valence-corrected chi connectivity index (χ0v) is 20.6. The molecule has 36 heavy (non-hydrogen) atoms. The number of amides is 2. The van der Waals surface area contributed by atoms with E-state index in [2.05, 4.69) is 10.6 Å². The van der Waals surface area contributed by atoms with Crippen molar-refractivity contribution in [3.8, 4) is 11.5 Å². The number of hydrogen-bond donors (Lipinski definition) is 3. The fourth-order valence-corrected chi connectivity index (χ4v) is 5.08. The first-order valence-corrected chi connectivity index (χ1v) is 12.1. The monoisotopic (exact) mass is 518 g/mol. The number of ether oxygens (including phenoxy) is 2. The van der Waals surface area contributed by atoms with E-state index >= 15 is 0 Å². The standard InChI is InChI=1S/C26H28ClFN2O6/c1-16(31)17-2-4-18(5-3-17)35-14-23(33)29-25-8-10-26(11-9-25,22(32)13-25)30-24(34)15-36-19-6-7-20(27)21(28)12-19/h2-7,12,22,32H,8-11,13-15H2,1H3,(H,29,33)(H,30,34)/t22-,25?,26?/m0/s1. The van der Waals surface area contributed by atoms with E-state index in [4.69, 9.17) is 21.1 Å². The van der Waals surface area contributed by atoms with Crippen LogP contribution >= 0.6 is 11.6 Å². The summed E-state index contributed by atoms with van der Waals surface area (Å²) in [7, 11) is 0. The van der Waals surface area contributed by atoms with Crippen molar-refractivity contribution in [3.63, 3.8) is 0 Å². The summed E-state index contributed by atoms with van der Waals surface area (Å²) in [5.74, 6) is -0.769. The number of ketones is 1. The number of rotatable bonds is 9. The summed E-state index contributed by atoms with van der Waals surface area (Å²) in [6.07, 6.45) is 1.61. The Balaban J connectivity index is 1.26. The van der Waals surface area contributed by atoms with E-state index in [1.807, 2.05) is 0 Å². The van der Waals surface area contributed by atoms with Crippen LogP contribution in [-0.4, -0.2) is 53.1 Å². The molecule has 2 aromatic rings. The first kappa shape index (κ1) is 25.9. The van der Waals surface area contributed by atoms with E-state index < -0.39 is 28.9 Å². The molecule has 0 unspecified atom stereocenters. The third-order valence-corrected chi connectivity index (χ3v) is 7.31. The van der Waals surface area contributed by atoms with Crippen molar-refractivity contribution in [3.05, 3.63) is 58.9 Å². The summed E-state index contributed by atoms with van der Waals surface area (Å²) in [5.41, 5.74) is -0.806. The molecule has 0 saturated heterocycles. The van der Waals surface area contributed by atoms with Gasteiger partial charge in [-0.25, -0.2) is 4.39 Å². The summed E-state index contributed by atoms with van der Waals surface area (Å²) in [6, 6.07) is 10.5. The quantitative estimate of drug-likeness (QED) is 0.439. The Morgan fingerprint density at radius 1 is 0.972 bits per heavy atom. The van der Waals surface area contributed by atoms with Gasteiger partial charge in [-0.05, 0) is 75.4 Å². The third-order valence-electron chi connectivity index (χ3n) is 7.01. The molecule has 3 aliphatic rings. The summed E-state index contributed by atoms with van der Waals surface area (Å²) >= 11 is 5.65. The van der Waals surface area contributed by atoms with Crippen molar-refractivity contribution in [2.45, 2.75) is 56.2 Å². The molecule has 2 aromatic carbocycles. The van der Waals surface area contributed by atoms with Crippen LogP contribution in [0, 0.1) is 5.82 Å². The largest absolute Gasteiger partial charge is 0.484 e. The Kier molecular flexibility index (Phi) is 7.51. The second kappa shape index (κ2) is 10.4. The molecule has 192 valence electrons. The van der Waals surface area contributed by atoms with Crippen LogP contribution in [-0.2, 0) is 9.59 Å². The highest BCUT2D eigenvalue weighted by molar-refractivity contribution is 6.30. The summed E-state index contributed by atoms with van der Waals surface area (Å²) in [4.78, 5) is 36.5. The van der Waals surface area contributed by atoms with Crippen LogP contribution in [0.2, 0.25) is 5.02 Å². The van der Waals surface area contributed by atoms with Gasteiger partial charge in [-0.1, -0.05) is 11.6 Å². The lowest BCUT2D eigenvalue weighted by atomic mass is 9.60. The SMILES string of the molecule is CC(=O)c1ccc(OCC(=O)NC23CCC(NC(=O)COc4ccc(Cl)c(F)c4)(CC2)[C@@H](O)C3)cc1. The number of Topliss-reactive ketones (excluding diaryl/α,β-unsaturated/α-hetero) is 1. The van der Waals surface area contributed by atoms with Crippen LogP contribution in [0.4, 0.5) is 4.39 Å². The predicted molar refractivity (Wildman–Crippen MR) is 130 cm³/mol. The van der Waals surface area contributed by atoms with Gasteiger partial charge >= 0.3 is 0 Å². The van der Waals surface area contributed by atoms with E-state index in [1.165, 1.54) is 19.1 Å². The molecule has 0 radical (unpaired) electrons. The number of nitrogens with one attached hydrogen (secondary N) is 2. The molecule has 5 rings (SSSR count). The Morgan fingerprint density at radius 3 is 2.14 bits per heavy atom. The van der Waals surface area contributed by atoms with Gasteiger partial charge in [-0.3, -0.25) is 14.4 Å². The molecule has 2 bridgehead atoms. The number of benzene rings is 2. The molecular weight excluding hydrogens is 491 g/mol. The number of halogens is 2. The predicted octanol–water partition coefficient (Wildman–Crippen LogP) is 3.19. The molecule has 3 fully saturated rings. The van der Waals surface area contributed by atoms with Crippen molar-refractivity contribution in [2.24, 2.45) is 0 Å². The smallest absolute Gasteiger partial charge is 0.258 e. The third kappa shape index (κ3) is 5.79. The zero-order chi connectivity index (χ0) is 25.9. The molecule has 3 N–H and O–H groups in total. The van der Waals surface area contributed by atoms with E-state index in [-0.39, 0.29) is 35.7 Å². The molecule has 0 aliphatic heterocycles. The molecule has 0 aromatic heterocycles. The fraction of sp³-hybridized carbons (Fsp3) is 0.423. The number of hydrogen-bond acceptors (Lipinski definition) is 6. The number of carbonyl (C=O) groups excluding carboxylic acids is 3. The topological polar surface area (TPSA) is 114 Å². The van der Waals surface area contributed by atoms with Crippen LogP contribution in [0.25, 0.3) is 0 Å². The van der Waals surface area contributed by atoms with Crippen molar-refractivity contribution in [2.75, 3.05) is 13.2 Å². The average molecular weight is 519 g/mol. The number of fused-ring (bicyclic) bond motifs is 3. The number of aliphatic hydroxyl groups is 1. The zero-order valence-electron chi connectivity index (χ0n) is 19.8. The Morgan fingerprint density at radius 2 is 1.56 bits per heavy atom. The molecular formula is C26H28ClFN2O6. The maximum atomic E-state index is 13.6. The number of carbonyl (C=O) groups is 3. The van der Waals surface area contributed by atoms with E-state index in [0.29, 0.717) is 43.4 Å². The molecule has 8 nitrogen and oxygen atoms in total. The van der Waals surface area contributed by atoms with Crippen molar-refractivity contribution in [1.82, 2.24) is 10.6 Å². The normalized spacial score (nSPS) is 24.6. The Hall–Kier alpha value is -3.17. The minimum absolute atomic E-state index is 0.0383. The first-order valence-electron chi connectivity index (χ1n) is 11.7. The summed E-state index contributed by atoms with van der Waals surface area (Å²) in [6.45, 7) is 0.951. The van der Waals surface area contributed by atoms with Crippen molar-refractivity contribution < 1.29 is 33.4 Å². The Bertz CT molecular complexity index is 1150. The van der Waals surface area contributed by atoms with Gasteiger partial charge in [0.2, 0.25) is 0 Å². The summed E-state index contributed by atoms with van der Waals surface area (Å²) < 4.78 is 24.4. The van der Waals surface area contributed by atoms with Gasteiger partial charge in [0.1, 0.15) is 17.3 Å². The van der Waals surface area contributed by atoms with Gasteiger partial charge in [-0.2, -0.15) is 0 Å². The van der Waals surface area contributed by atoms with E-state index in [0.717, 1.165) is 6.07 Å². The first-order chi connectivity index (χ1) is 17.1. The second-order valence-corrected chi connectivity index (χ2v) is 9.89. The lowest BCUT2D eigenvalue weighted by Gasteiger charge is -2.56. The minimum atomic E-state index is -0.850. The van der Waals surface area contributed by atoms with Gasteiger partial charge in [0.05, 0.1) is 16.7 Å². The molecule has 0 heterocycles. The second-order valence-electron chi connectivity index (χ2n) is 9.49. The molecule has 3 saturated carbocycles. The van der Waals surface area contributed by atoms with Gasteiger partial charge in [-0.15, -0.1) is 0 Å². The van der Waals surface area contributed by atoms with Crippen LogP contribution in [0.1, 0.15) is 49.4 Å². The minimum Gasteiger partial charge on any atom is -0.484 e. The molecule has 3 aliphatic carbocycles. The molecule has 10 heteroatoms. The average Bonchev–Trinajstić information content (AvgIpc) is 2.85. The number of aliphatic hydroxyl groups excluding tert-OH is 1. The molecule has 1 atom stereocenters. The fourth-order valence-electron chi connectivity index (χ4n) is 4.96. The highest BCUT2D eigenvalue weighted by atomic mass is 35.5. The van der Waals surface area contributed by atoms with Crippen molar-refractivity contribution in [1.29, 1.82) is 0 Å². The Labute approximate surface area is 213 Å². The van der Waals surface area contributed by atoms with Gasteiger partial charge in [0.25, 0.3) is 11.8 Å². The lowest BCUT2D eigenvalue weighted by molar-refractivity contribution is -0.137. The summed E-state index contributed by atoms with van der Waals surface area (Å²) in [5, 5.41) is 16.8. The van der Waals surface area contributed by atoms with Gasteiger partial charge in [0.15, 0.2) is 19.0 Å². The maximum Gasteiger partial charge on any atom is 0.258 e. The van der Waals surface area contributed by atoms with Crippen LogP contribution < -0.4 is 20.1 Å². The van der Waals surface area contributed by atoms with Crippen LogP contribution in [0.3, 0.4) is 0 Å². The molecule has 0 spiro atoms. The highest BCUT2D eigenvalue weighted by Gasteiger charge is 2.55. The van der Waals surface area contributed by atoms with E-state index in [9.17, 15) is 23.9 Å². The van der Waals surface area contributed by atoms with Crippen LogP contribution in [0.15, 0.2) is 42.5 Å². The van der Waals surface area contributed by atoms with Crippen molar-refractivity contribution >= 4 is 29.2 Å². The molecule has 2 amide bonds. The maximum absolute atomic E-state index is 13.6. The van der Waals surface area contributed by atoms with Crippen LogP contribution in [0.5, 0.6) is 11.5 Å². The van der Waals surface area contributed by atoms with E-state index in [1.54, 1.807) is 24.3 Å². The van der Waals surface area contributed by atoms with Gasteiger partial charge in [0, 0.05) is 17.2 Å². The van der Waals surface area contributed by atoms with Gasteiger partial charge < -0.3 is 25.2 Å². The lowest BCUT2D eigenvalue weighted by Crippen LogP contribution is -2.70.